The Morgan fingerprint density at radius 2 is 1.95 bits per heavy atom. The molecule has 2 aromatic rings. The molecule has 5 heteroatoms. The van der Waals surface area contributed by atoms with E-state index in [2.05, 4.69) is 26.1 Å². The molecule has 0 radical (unpaired) electrons. The zero-order chi connectivity index (χ0) is 15.3. The maximum Gasteiger partial charge on any atom is 0.255 e. The van der Waals surface area contributed by atoms with Gasteiger partial charge in [-0.1, -0.05) is 40.2 Å². The molecule has 3 N–H and O–H groups in total. The summed E-state index contributed by atoms with van der Waals surface area (Å²) in [5, 5.41) is 3.12. The van der Waals surface area contributed by atoms with E-state index in [1.165, 1.54) is 0 Å². The summed E-state index contributed by atoms with van der Waals surface area (Å²) in [4.78, 5) is 14.8. The number of para-hydroxylation sites is 1. The first-order chi connectivity index (χ1) is 10.6. The van der Waals surface area contributed by atoms with E-state index in [0.29, 0.717) is 0 Å². The Morgan fingerprint density at radius 1 is 1.18 bits per heavy atom. The van der Waals surface area contributed by atoms with E-state index in [0.717, 1.165) is 39.8 Å². The molecular weight excluding hydrogens is 342 g/mol. The predicted molar refractivity (Wildman–Crippen MR) is 89.7 cm³/mol. The average Bonchev–Trinajstić information content (AvgIpc) is 2.53. The number of hydrogen-bond acceptors (Lipinski definition) is 3. The zero-order valence-corrected chi connectivity index (χ0v) is 13.5. The van der Waals surface area contributed by atoms with Gasteiger partial charge in [0.25, 0.3) is 5.91 Å². The molecule has 0 fully saturated rings. The van der Waals surface area contributed by atoms with Gasteiger partial charge in [-0.3, -0.25) is 4.79 Å². The highest BCUT2D eigenvalue weighted by Crippen LogP contribution is 2.42. The third-order valence-corrected chi connectivity index (χ3v) is 4.97. The summed E-state index contributed by atoms with van der Waals surface area (Å²) in [6.07, 6.45) is 0.751. The fourth-order valence-electron chi connectivity index (χ4n) is 3.36. The Bertz CT molecular complexity index is 744. The fourth-order valence-corrected chi connectivity index (χ4v) is 3.62. The number of carbonyl (C=O) groups excluding carboxylic acids is 1. The molecule has 1 amide bonds. The minimum absolute atomic E-state index is 0.00247. The molecule has 112 valence electrons. The molecule has 4 rings (SSSR count). The Morgan fingerprint density at radius 3 is 2.73 bits per heavy atom. The van der Waals surface area contributed by atoms with Crippen molar-refractivity contribution in [3.63, 3.8) is 0 Å². The van der Waals surface area contributed by atoms with Crippen LogP contribution in [0.5, 0.6) is 0 Å². The molecule has 2 aliphatic rings. The normalized spacial score (nSPS) is 23.0. The van der Waals surface area contributed by atoms with Crippen LogP contribution < -0.4 is 16.0 Å². The lowest BCUT2D eigenvalue weighted by molar-refractivity contribution is 0.0925. The van der Waals surface area contributed by atoms with Gasteiger partial charge in [-0.05, 0) is 35.7 Å². The summed E-state index contributed by atoms with van der Waals surface area (Å²) in [7, 11) is 0. The molecule has 2 aliphatic heterocycles. The van der Waals surface area contributed by atoms with E-state index in [4.69, 9.17) is 5.73 Å². The van der Waals surface area contributed by atoms with Crippen LogP contribution in [0.4, 0.5) is 5.69 Å². The smallest absolute Gasteiger partial charge is 0.255 e. The molecule has 2 atom stereocenters. The van der Waals surface area contributed by atoms with Gasteiger partial charge in [0.15, 0.2) is 0 Å². The maximum atomic E-state index is 12.5. The van der Waals surface area contributed by atoms with E-state index in [1.54, 1.807) is 0 Å². The van der Waals surface area contributed by atoms with Gasteiger partial charge in [0.1, 0.15) is 6.17 Å². The van der Waals surface area contributed by atoms with Gasteiger partial charge < -0.3 is 16.0 Å². The van der Waals surface area contributed by atoms with E-state index in [1.807, 2.05) is 42.5 Å². The van der Waals surface area contributed by atoms with Gasteiger partial charge in [-0.25, -0.2) is 0 Å². The van der Waals surface area contributed by atoms with Crippen molar-refractivity contribution in [2.75, 3.05) is 11.4 Å². The molecule has 0 bridgehead atoms. The highest BCUT2D eigenvalue weighted by molar-refractivity contribution is 9.10. The predicted octanol–water partition coefficient (Wildman–Crippen LogP) is 3.10. The second kappa shape index (κ2) is 5.11. The Kier molecular flexibility index (Phi) is 3.20. The number of halogens is 1. The summed E-state index contributed by atoms with van der Waals surface area (Å²) in [5.41, 5.74) is 10.1. The second-order valence-electron chi connectivity index (χ2n) is 5.76. The lowest BCUT2D eigenvalue weighted by atomic mass is 9.90. The van der Waals surface area contributed by atoms with Gasteiger partial charge in [0, 0.05) is 17.1 Å². The zero-order valence-electron chi connectivity index (χ0n) is 11.9. The van der Waals surface area contributed by atoms with Crippen molar-refractivity contribution in [2.24, 2.45) is 5.73 Å². The van der Waals surface area contributed by atoms with Gasteiger partial charge in [0.05, 0.1) is 11.3 Å². The second-order valence-corrected chi connectivity index (χ2v) is 6.68. The maximum absolute atomic E-state index is 12.5. The molecule has 0 saturated carbocycles. The number of nitrogens with two attached hydrogens (primary N) is 1. The van der Waals surface area contributed by atoms with Gasteiger partial charge in [0.2, 0.25) is 0 Å². The van der Waals surface area contributed by atoms with Crippen molar-refractivity contribution < 1.29 is 4.79 Å². The van der Waals surface area contributed by atoms with E-state index in [-0.39, 0.29) is 18.1 Å². The van der Waals surface area contributed by atoms with Crippen LogP contribution in [0.15, 0.2) is 46.9 Å². The monoisotopic (exact) mass is 357 g/mol. The van der Waals surface area contributed by atoms with Crippen molar-refractivity contribution >= 4 is 27.5 Å². The van der Waals surface area contributed by atoms with Crippen molar-refractivity contribution in [3.05, 3.63) is 63.6 Å². The molecule has 0 unspecified atom stereocenters. The highest BCUT2D eigenvalue weighted by atomic mass is 79.9. The first-order valence-corrected chi connectivity index (χ1v) is 8.16. The third kappa shape index (κ3) is 2.04. The molecule has 0 aliphatic carbocycles. The van der Waals surface area contributed by atoms with Crippen LogP contribution in [0, 0.1) is 0 Å². The number of rotatable bonds is 1. The molecule has 22 heavy (non-hydrogen) atoms. The molecule has 0 aromatic heterocycles. The molecular formula is C17H16BrN3O. The van der Waals surface area contributed by atoms with Crippen LogP contribution in [0.25, 0.3) is 0 Å². The highest BCUT2D eigenvalue weighted by Gasteiger charge is 2.36. The summed E-state index contributed by atoms with van der Waals surface area (Å²) < 4.78 is 1.03. The van der Waals surface area contributed by atoms with E-state index in [9.17, 15) is 4.79 Å². The number of nitrogens with zero attached hydrogens (tertiary/aromatic N) is 1. The number of benzene rings is 2. The Hall–Kier alpha value is -1.85. The van der Waals surface area contributed by atoms with Gasteiger partial charge >= 0.3 is 0 Å². The van der Waals surface area contributed by atoms with Crippen LogP contribution in [0.1, 0.15) is 40.1 Å². The van der Waals surface area contributed by atoms with Crippen molar-refractivity contribution in [2.45, 2.75) is 18.6 Å². The number of carbonyl (C=O) groups is 1. The van der Waals surface area contributed by atoms with Crippen LogP contribution in [-0.4, -0.2) is 12.5 Å². The summed E-state index contributed by atoms with van der Waals surface area (Å²) in [5.74, 6) is -0.0323. The summed E-state index contributed by atoms with van der Waals surface area (Å²) in [6, 6.07) is 13.9. The Balaban J connectivity index is 1.85. The van der Waals surface area contributed by atoms with Crippen molar-refractivity contribution in [1.29, 1.82) is 0 Å². The van der Waals surface area contributed by atoms with Gasteiger partial charge in [-0.15, -0.1) is 0 Å². The topological polar surface area (TPSA) is 58.4 Å². The number of hydrogen-bond donors (Lipinski definition) is 2. The van der Waals surface area contributed by atoms with Crippen LogP contribution >= 0.6 is 15.9 Å². The number of nitrogens with one attached hydrogen (secondary N) is 1. The fraction of sp³-hybridized carbons (Fsp3) is 0.235. The minimum atomic E-state index is -0.137. The van der Waals surface area contributed by atoms with Gasteiger partial charge in [-0.2, -0.15) is 0 Å². The number of anilines is 1. The Labute approximate surface area is 137 Å². The lowest BCUT2D eigenvalue weighted by Gasteiger charge is -2.44. The average molecular weight is 358 g/mol. The SMILES string of the molecule is N[C@@H]1CCN2c3c(cccc31)C(=O)N[C@H]2c1ccc(Br)cc1. The van der Waals surface area contributed by atoms with Crippen LogP contribution in [0.2, 0.25) is 0 Å². The summed E-state index contributed by atoms with van der Waals surface area (Å²) in [6.45, 7) is 0.839. The molecule has 4 nitrogen and oxygen atoms in total. The van der Waals surface area contributed by atoms with E-state index < -0.39 is 0 Å². The standard InChI is InChI=1S/C17H16BrN3O/c18-11-6-4-10(5-7-11)16-20-17(22)13-3-1-2-12-14(19)8-9-21(16)15(12)13/h1-7,14,16H,8-9,19H2,(H,20,22)/t14-,16-/m1/s1. The quantitative estimate of drug-likeness (QED) is 0.824. The minimum Gasteiger partial charge on any atom is -0.346 e. The molecule has 2 heterocycles. The van der Waals surface area contributed by atoms with Crippen LogP contribution in [-0.2, 0) is 0 Å². The number of amides is 1. The first-order valence-electron chi connectivity index (χ1n) is 7.36. The molecule has 0 saturated heterocycles. The van der Waals surface area contributed by atoms with Crippen LogP contribution in [0.3, 0.4) is 0 Å². The third-order valence-electron chi connectivity index (χ3n) is 4.44. The first kappa shape index (κ1) is 13.8. The van der Waals surface area contributed by atoms with E-state index >= 15 is 0 Å². The van der Waals surface area contributed by atoms with Crippen molar-refractivity contribution in [1.82, 2.24) is 5.32 Å². The summed E-state index contributed by atoms with van der Waals surface area (Å²) >= 11 is 3.45. The van der Waals surface area contributed by atoms with Crippen molar-refractivity contribution in [3.8, 4) is 0 Å². The molecule has 0 spiro atoms. The molecule has 2 aromatic carbocycles. The lowest BCUT2D eigenvalue weighted by Crippen LogP contribution is -2.49. The largest absolute Gasteiger partial charge is 0.346 e.